The molecule has 28 heavy (non-hydrogen) atoms. The Kier molecular flexibility index (Phi) is 4.70. The molecule has 0 saturated carbocycles. The molecule has 0 saturated heterocycles. The van der Waals surface area contributed by atoms with E-state index in [2.05, 4.69) is 53.0 Å². The highest BCUT2D eigenvalue weighted by molar-refractivity contribution is 9.10. The maximum atomic E-state index is 13.3. The third-order valence-electron chi connectivity index (χ3n) is 5.47. The van der Waals surface area contributed by atoms with E-state index in [-0.39, 0.29) is 18.0 Å². The Hall–Kier alpha value is -2.34. The van der Waals surface area contributed by atoms with Gasteiger partial charge in [-0.1, -0.05) is 54.0 Å². The average molecular weight is 442 g/mol. The predicted molar refractivity (Wildman–Crippen MR) is 113 cm³/mol. The fourth-order valence-electron chi connectivity index (χ4n) is 4.16. The Morgan fingerprint density at radius 2 is 2.07 bits per heavy atom. The predicted octanol–water partition coefficient (Wildman–Crippen LogP) is 4.15. The second kappa shape index (κ2) is 6.92. The number of likely N-dealkylation sites (N-methyl/N-ethyl adjacent to an activating group) is 1. The fraction of sp³-hybridized carbons (Fsp3) is 0.364. The zero-order valence-corrected chi connectivity index (χ0v) is 17.9. The summed E-state index contributed by atoms with van der Waals surface area (Å²) in [5.74, 6) is 1.33. The van der Waals surface area contributed by atoms with Gasteiger partial charge >= 0.3 is 0 Å². The van der Waals surface area contributed by atoms with Crippen molar-refractivity contribution in [2.75, 3.05) is 7.05 Å². The number of halogens is 1. The van der Waals surface area contributed by atoms with Crippen LogP contribution in [0.4, 0.5) is 0 Å². The Bertz CT molecular complexity index is 972. The number of carbonyl (C=O) groups excluding carboxylic acids is 1. The number of carbonyl (C=O) groups is 1. The van der Waals surface area contributed by atoms with Crippen LogP contribution in [0.1, 0.15) is 43.1 Å². The van der Waals surface area contributed by atoms with Gasteiger partial charge in [-0.2, -0.15) is 0 Å². The van der Waals surface area contributed by atoms with Crippen molar-refractivity contribution in [1.29, 1.82) is 0 Å². The van der Waals surface area contributed by atoms with E-state index in [1.54, 1.807) is 7.05 Å². The van der Waals surface area contributed by atoms with Crippen molar-refractivity contribution in [2.24, 2.45) is 16.6 Å². The van der Waals surface area contributed by atoms with Crippen molar-refractivity contribution in [1.82, 2.24) is 4.90 Å². The van der Waals surface area contributed by atoms with Gasteiger partial charge in [0.25, 0.3) is 5.91 Å². The molecular weight excluding hydrogens is 418 g/mol. The van der Waals surface area contributed by atoms with Gasteiger partial charge in [0.1, 0.15) is 11.9 Å². The summed E-state index contributed by atoms with van der Waals surface area (Å²) < 4.78 is 7.28. The van der Waals surface area contributed by atoms with Crippen LogP contribution in [0.25, 0.3) is 0 Å². The number of hydrogen-bond donors (Lipinski definition) is 1. The lowest BCUT2D eigenvalue weighted by molar-refractivity contribution is -0.132. The fourth-order valence-corrected chi connectivity index (χ4v) is 4.52. The van der Waals surface area contributed by atoms with Gasteiger partial charge in [0, 0.05) is 23.5 Å². The van der Waals surface area contributed by atoms with E-state index >= 15 is 0 Å². The summed E-state index contributed by atoms with van der Waals surface area (Å²) in [6.07, 6.45) is 1.11. The number of nitrogens with zero attached hydrogens (tertiary/aromatic N) is 2. The van der Waals surface area contributed by atoms with Crippen LogP contribution in [0.5, 0.6) is 5.75 Å². The van der Waals surface area contributed by atoms with Gasteiger partial charge in [0.05, 0.1) is 0 Å². The normalized spacial score (nSPS) is 23.8. The van der Waals surface area contributed by atoms with E-state index in [0.717, 1.165) is 22.0 Å². The summed E-state index contributed by atoms with van der Waals surface area (Å²) in [5, 5.41) is 0. The molecule has 2 heterocycles. The molecule has 2 aromatic carbocycles. The lowest BCUT2D eigenvalue weighted by atomic mass is 9.79. The van der Waals surface area contributed by atoms with E-state index in [1.807, 2.05) is 24.3 Å². The van der Waals surface area contributed by atoms with Crippen molar-refractivity contribution in [3.63, 3.8) is 0 Å². The molecule has 2 aliphatic heterocycles. The summed E-state index contributed by atoms with van der Waals surface area (Å²) in [5.41, 5.74) is 8.12. The van der Waals surface area contributed by atoms with Gasteiger partial charge in [0.15, 0.2) is 11.5 Å². The third-order valence-corrected chi connectivity index (χ3v) is 5.97. The second-order valence-corrected chi connectivity index (χ2v) is 8.86. The van der Waals surface area contributed by atoms with Crippen LogP contribution in [-0.4, -0.2) is 23.8 Å². The molecule has 1 spiro atoms. The zero-order valence-electron chi connectivity index (χ0n) is 16.3. The lowest BCUT2D eigenvalue weighted by Crippen LogP contribution is -2.43. The van der Waals surface area contributed by atoms with Crippen molar-refractivity contribution in [2.45, 2.75) is 38.3 Å². The molecular formula is C22H24BrN3O2. The first-order valence-corrected chi connectivity index (χ1v) is 10.3. The number of benzene rings is 2. The molecule has 4 rings (SSSR count). The number of hydrogen-bond acceptors (Lipinski definition) is 4. The van der Waals surface area contributed by atoms with E-state index in [0.29, 0.717) is 18.1 Å². The Morgan fingerprint density at radius 3 is 2.75 bits per heavy atom. The van der Waals surface area contributed by atoms with Crippen LogP contribution in [0.2, 0.25) is 0 Å². The largest absolute Gasteiger partial charge is 0.485 e. The number of amides is 1. The van der Waals surface area contributed by atoms with E-state index < -0.39 is 5.54 Å². The quantitative estimate of drug-likeness (QED) is 0.777. The van der Waals surface area contributed by atoms with Crippen LogP contribution in [-0.2, 0) is 16.8 Å². The standard InChI is InChI=1S/C22H24BrN3O2/c1-13(2)10-14-6-4-5-7-16(14)19-12-22(20(27)26(3)21(24)25-22)17-11-15(23)8-9-18(17)28-19/h4-9,11,13,19H,10,12H2,1-3H3,(H2,24,25). The second-order valence-electron chi connectivity index (χ2n) is 7.94. The summed E-state index contributed by atoms with van der Waals surface area (Å²) in [6.45, 7) is 4.40. The van der Waals surface area contributed by atoms with Gasteiger partial charge < -0.3 is 10.5 Å². The molecule has 6 heteroatoms. The van der Waals surface area contributed by atoms with E-state index in [9.17, 15) is 4.79 Å². The summed E-state index contributed by atoms with van der Waals surface area (Å²) in [6, 6.07) is 14.0. The smallest absolute Gasteiger partial charge is 0.261 e. The van der Waals surface area contributed by atoms with E-state index in [4.69, 9.17) is 10.5 Å². The van der Waals surface area contributed by atoms with Crippen molar-refractivity contribution in [3.05, 3.63) is 63.6 Å². The minimum atomic E-state index is -1.05. The molecule has 0 bridgehead atoms. The summed E-state index contributed by atoms with van der Waals surface area (Å²) in [7, 11) is 1.67. The van der Waals surface area contributed by atoms with Crippen LogP contribution < -0.4 is 10.5 Å². The van der Waals surface area contributed by atoms with Gasteiger partial charge in [-0.05, 0) is 41.7 Å². The number of nitrogens with two attached hydrogens (primary N) is 1. The van der Waals surface area contributed by atoms with E-state index in [1.165, 1.54) is 10.5 Å². The number of guanidine groups is 1. The van der Waals surface area contributed by atoms with Crippen LogP contribution in [0.15, 0.2) is 51.9 Å². The number of ether oxygens (including phenoxy) is 1. The molecule has 2 N–H and O–H groups in total. The monoisotopic (exact) mass is 441 g/mol. The van der Waals surface area contributed by atoms with Gasteiger partial charge in [-0.3, -0.25) is 9.69 Å². The molecule has 0 fully saturated rings. The molecule has 0 radical (unpaired) electrons. The van der Waals surface area contributed by atoms with Gasteiger partial charge in [0.2, 0.25) is 0 Å². The number of fused-ring (bicyclic) bond motifs is 2. The van der Waals surface area contributed by atoms with Crippen LogP contribution in [0.3, 0.4) is 0 Å². The first-order chi connectivity index (χ1) is 13.3. The zero-order chi connectivity index (χ0) is 20.1. The number of aliphatic imine (C=N–C) groups is 1. The summed E-state index contributed by atoms with van der Waals surface area (Å²) in [4.78, 5) is 19.4. The highest BCUT2D eigenvalue weighted by atomic mass is 79.9. The van der Waals surface area contributed by atoms with Gasteiger partial charge in [-0.15, -0.1) is 0 Å². The van der Waals surface area contributed by atoms with Crippen LogP contribution >= 0.6 is 15.9 Å². The molecule has 0 aliphatic carbocycles. The molecule has 2 unspecified atom stereocenters. The van der Waals surface area contributed by atoms with Gasteiger partial charge in [-0.25, -0.2) is 4.99 Å². The first-order valence-electron chi connectivity index (χ1n) is 9.50. The van der Waals surface area contributed by atoms with Crippen molar-refractivity contribution >= 4 is 27.8 Å². The highest BCUT2D eigenvalue weighted by Crippen LogP contribution is 2.50. The van der Waals surface area contributed by atoms with Crippen molar-refractivity contribution in [3.8, 4) is 5.75 Å². The minimum absolute atomic E-state index is 0.112. The average Bonchev–Trinajstić information content (AvgIpc) is 2.86. The minimum Gasteiger partial charge on any atom is -0.485 e. The maximum Gasteiger partial charge on any atom is 0.261 e. The molecule has 2 aromatic rings. The molecule has 2 atom stereocenters. The Morgan fingerprint density at radius 1 is 1.32 bits per heavy atom. The molecule has 146 valence electrons. The third kappa shape index (κ3) is 3.00. The Balaban J connectivity index is 1.85. The summed E-state index contributed by atoms with van der Waals surface area (Å²) >= 11 is 3.51. The highest BCUT2D eigenvalue weighted by Gasteiger charge is 2.53. The first kappa shape index (κ1) is 19.0. The molecule has 2 aliphatic rings. The SMILES string of the molecule is CC(C)Cc1ccccc1C1CC2(N=C(N)N(C)C2=O)c2cc(Br)ccc2O1. The molecule has 0 aromatic heterocycles. The Labute approximate surface area is 173 Å². The molecule has 1 amide bonds. The number of rotatable bonds is 3. The lowest BCUT2D eigenvalue weighted by Gasteiger charge is -2.37. The molecule has 5 nitrogen and oxygen atoms in total. The van der Waals surface area contributed by atoms with Crippen molar-refractivity contribution < 1.29 is 9.53 Å². The topological polar surface area (TPSA) is 67.9 Å². The van der Waals surface area contributed by atoms with Crippen LogP contribution in [0, 0.1) is 5.92 Å². The maximum absolute atomic E-state index is 13.3.